The number of nitro groups is 1. The Labute approximate surface area is 137 Å². The molecule has 0 bridgehead atoms. The Morgan fingerprint density at radius 1 is 1.17 bits per heavy atom. The fourth-order valence-electron chi connectivity index (χ4n) is 1.83. The molecule has 0 aliphatic heterocycles. The second-order valence-corrected chi connectivity index (χ2v) is 6.31. The summed E-state index contributed by atoms with van der Waals surface area (Å²) in [5.41, 5.74) is 0.816. The van der Waals surface area contributed by atoms with E-state index in [2.05, 4.69) is 5.32 Å². The number of non-ortho nitro benzene ring substituents is 1. The van der Waals surface area contributed by atoms with E-state index in [1.807, 2.05) is 0 Å². The number of carbonyl (C=O) groups excluding carboxylic acids is 1. The summed E-state index contributed by atoms with van der Waals surface area (Å²) in [4.78, 5) is 21.9. The fourth-order valence-corrected chi connectivity index (χ4v) is 2.34. The Balaban J connectivity index is 2.05. The molecular formula is C15H13N3O5S. The van der Waals surface area contributed by atoms with Crippen LogP contribution in [0.3, 0.4) is 0 Å². The van der Waals surface area contributed by atoms with Gasteiger partial charge in [-0.1, -0.05) is 12.1 Å². The van der Waals surface area contributed by atoms with Gasteiger partial charge in [-0.25, -0.2) is 13.6 Å². The van der Waals surface area contributed by atoms with Crippen molar-refractivity contribution >= 4 is 33.4 Å². The molecule has 124 valence electrons. The Bertz CT molecular complexity index is 905. The molecule has 0 radical (unpaired) electrons. The van der Waals surface area contributed by atoms with Crippen molar-refractivity contribution < 1.29 is 18.1 Å². The number of nitrogens with one attached hydrogen (secondary N) is 1. The number of hydrogen-bond acceptors (Lipinski definition) is 5. The minimum absolute atomic E-state index is 0.0624. The Morgan fingerprint density at radius 2 is 1.83 bits per heavy atom. The van der Waals surface area contributed by atoms with Crippen LogP contribution in [-0.2, 0) is 14.8 Å². The van der Waals surface area contributed by atoms with Crippen LogP contribution < -0.4 is 10.5 Å². The largest absolute Gasteiger partial charge is 0.323 e. The Hall–Kier alpha value is -3.04. The normalized spacial score (nSPS) is 11.4. The number of benzene rings is 2. The molecule has 0 saturated heterocycles. The third-order valence-corrected chi connectivity index (χ3v) is 3.89. The molecule has 0 unspecified atom stereocenters. The highest BCUT2D eigenvalue weighted by Gasteiger charge is 2.07. The molecule has 0 fully saturated rings. The first kappa shape index (κ1) is 17.3. The van der Waals surface area contributed by atoms with Crippen LogP contribution in [0.5, 0.6) is 0 Å². The molecule has 0 aliphatic carbocycles. The van der Waals surface area contributed by atoms with Crippen molar-refractivity contribution in [1.82, 2.24) is 0 Å². The summed E-state index contributed by atoms with van der Waals surface area (Å²) >= 11 is 0. The van der Waals surface area contributed by atoms with Gasteiger partial charge in [-0.3, -0.25) is 14.9 Å². The van der Waals surface area contributed by atoms with Gasteiger partial charge < -0.3 is 5.32 Å². The van der Waals surface area contributed by atoms with Gasteiger partial charge in [0.25, 0.3) is 5.69 Å². The van der Waals surface area contributed by atoms with Crippen LogP contribution in [0.4, 0.5) is 11.4 Å². The predicted octanol–water partition coefficient (Wildman–Crippen LogP) is 1.89. The summed E-state index contributed by atoms with van der Waals surface area (Å²) in [7, 11) is -3.79. The maximum Gasteiger partial charge on any atom is 0.270 e. The maximum atomic E-state index is 11.8. The van der Waals surface area contributed by atoms with E-state index in [1.165, 1.54) is 54.6 Å². The maximum absolute atomic E-state index is 11.8. The monoisotopic (exact) mass is 347 g/mol. The number of primary sulfonamides is 1. The summed E-state index contributed by atoms with van der Waals surface area (Å²) in [6.45, 7) is 0. The molecule has 24 heavy (non-hydrogen) atoms. The summed E-state index contributed by atoms with van der Waals surface area (Å²) in [6.07, 6.45) is 2.65. The average Bonchev–Trinajstić information content (AvgIpc) is 2.53. The highest BCUT2D eigenvalue weighted by molar-refractivity contribution is 7.89. The predicted molar refractivity (Wildman–Crippen MR) is 88.6 cm³/mol. The van der Waals surface area contributed by atoms with Crippen molar-refractivity contribution in [3.05, 3.63) is 70.3 Å². The lowest BCUT2D eigenvalue weighted by molar-refractivity contribution is -0.384. The SMILES string of the molecule is NS(=O)(=O)c1ccc(NC(=O)/C=C\c2cccc([N+](=O)[O-])c2)cc1. The van der Waals surface area contributed by atoms with E-state index < -0.39 is 20.9 Å². The third-order valence-electron chi connectivity index (χ3n) is 2.96. The molecule has 0 aromatic heterocycles. The molecule has 2 rings (SSSR count). The van der Waals surface area contributed by atoms with Crippen molar-refractivity contribution in [1.29, 1.82) is 0 Å². The fraction of sp³-hybridized carbons (Fsp3) is 0. The van der Waals surface area contributed by atoms with Crippen molar-refractivity contribution in [3.8, 4) is 0 Å². The molecule has 3 N–H and O–H groups in total. The molecule has 2 aromatic carbocycles. The van der Waals surface area contributed by atoms with Gasteiger partial charge >= 0.3 is 0 Å². The van der Waals surface area contributed by atoms with Gasteiger partial charge in [0.2, 0.25) is 15.9 Å². The Kier molecular flexibility index (Phi) is 5.07. The third kappa shape index (κ3) is 4.73. The minimum Gasteiger partial charge on any atom is -0.323 e. The first-order chi connectivity index (χ1) is 11.3. The molecule has 8 nitrogen and oxygen atoms in total. The average molecular weight is 347 g/mol. The van der Waals surface area contributed by atoms with Crippen molar-refractivity contribution in [2.45, 2.75) is 4.90 Å². The summed E-state index contributed by atoms with van der Waals surface area (Å²) in [6, 6.07) is 11.2. The van der Waals surface area contributed by atoms with Gasteiger partial charge in [-0.05, 0) is 35.9 Å². The molecule has 0 atom stereocenters. The van der Waals surface area contributed by atoms with E-state index in [0.29, 0.717) is 11.3 Å². The smallest absolute Gasteiger partial charge is 0.270 e. The number of nitro benzene ring substituents is 1. The van der Waals surface area contributed by atoms with Crippen molar-refractivity contribution in [3.63, 3.8) is 0 Å². The molecule has 0 aliphatic rings. The number of nitrogens with zero attached hydrogens (tertiary/aromatic N) is 1. The summed E-state index contributed by atoms with van der Waals surface area (Å²) < 4.78 is 22.3. The van der Waals surface area contributed by atoms with Crippen molar-refractivity contribution in [2.75, 3.05) is 5.32 Å². The number of sulfonamides is 1. The zero-order valence-electron chi connectivity index (χ0n) is 12.2. The topological polar surface area (TPSA) is 132 Å². The molecule has 0 spiro atoms. The van der Waals surface area contributed by atoms with E-state index >= 15 is 0 Å². The van der Waals surface area contributed by atoms with Gasteiger partial charge in [0.05, 0.1) is 9.82 Å². The first-order valence-corrected chi connectivity index (χ1v) is 8.17. The second-order valence-electron chi connectivity index (χ2n) is 4.74. The van der Waals surface area contributed by atoms with E-state index in [0.717, 1.165) is 0 Å². The van der Waals surface area contributed by atoms with Gasteiger partial charge in [0.15, 0.2) is 0 Å². The van der Waals surface area contributed by atoms with Gasteiger partial charge in [-0.15, -0.1) is 0 Å². The molecule has 0 saturated carbocycles. The lowest BCUT2D eigenvalue weighted by Crippen LogP contribution is -2.12. The van der Waals surface area contributed by atoms with Gasteiger partial charge in [-0.2, -0.15) is 0 Å². The van der Waals surface area contributed by atoms with Crippen LogP contribution in [0.1, 0.15) is 5.56 Å². The van der Waals surface area contributed by atoms with Crippen molar-refractivity contribution in [2.24, 2.45) is 5.14 Å². The summed E-state index contributed by atoms with van der Waals surface area (Å²) in [5.74, 6) is -0.468. The number of amides is 1. The molecule has 2 aromatic rings. The Morgan fingerprint density at radius 3 is 2.42 bits per heavy atom. The van der Waals surface area contributed by atoms with E-state index in [4.69, 9.17) is 5.14 Å². The number of carbonyl (C=O) groups is 1. The highest BCUT2D eigenvalue weighted by atomic mass is 32.2. The summed E-state index contributed by atoms with van der Waals surface area (Å²) in [5, 5.41) is 18.2. The van der Waals surface area contributed by atoms with E-state index in [1.54, 1.807) is 6.07 Å². The lowest BCUT2D eigenvalue weighted by Gasteiger charge is -2.03. The standard InChI is InChI=1S/C15H13N3O5S/c16-24(22,23)14-7-5-12(6-8-14)17-15(19)9-4-11-2-1-3-13(10-11)18(20)21/h1-10H,(H,17,19)(H2,16,22,23)/b9-4-. The molecular weight excluding hydrogens is 334 g/mol. The number of nitrogens with two attached hydrogens (primary N) is 1. The van der Waals surface area contributed by atoms with Crippen LogP contribution >= 0.6 is 0 Å². The zero-order chi connectivity index (χ0) is 17.7. The van der Waals surface area contributed by atoms with Gasteiger partial charge in [0, 0.05) is 23.9 Å². The molecule has 1 amide bonds. The van der Waals surface area contributed by atoms with Crippen LogP contribution in [0.15, 0.2) is 59.5 Å². The first-order valence-electron chi connectivity index (χ1n) is 6.62. The van der Waals surface area contributed by atoms with Crippen LogP contribution in [0, 0.1) is 10.1 Å². The van der Waals surface area contributed by atoms with E-state index in [9.17, 15) is 23.3 Å². The number of rotatable bonds is 5. The van der Waals surface area contributed by atoms with Gasteiger partial charge in [0.1, 0.15) is 0 Å². The number of hydrogen-bond donors (Lipinski definition) is 2. The number of anilines is 1. The molecule has 9 heteroatoms. The quantitative estimate of drug-likeness (QED) is 0.484. The highest BCUT2D eigenvalue weighted by Crippen LogP contribution is 2.15. The molecule has 0 heterocycles. The van der Waals surface area contributed by atoms with Crippen LogP contribution in [0.25, 0.3) is 6.08 Å². The minimum atomic E-state index is -3.79. The van der Waals surface area contributed by atoms with Crippen LogP contribution in [-0.4, -0.2) is 19.2 Å². The zero-order valence-corrected chi connectivity index (χ0v) is 13.1. The van der Waals surface area contributed by atoms with E-state index in [-0.39, 0.29) is 10.6 Å². The second kappa shape index (κ2) is 7.02. The lowest BCUT2D eigenvalue weighted by atomic mass is 10.2. The van der Waals surface area contributed by atoms with Crippen LogP contribution in [0.2, 0.25) is 0 Å².